The molecule has 1 N–H and O–H groups in total. The van der Waals surface area contributed by atoms with Gasteiger partial charge in [0.1, 0.15) is 11.8 Å². The number of hydrogen-bond acceptors (Lipinski definition) is 4. The van der Waals surface area contributed by atoms with Crippen molar-refractivity contribution in [3.63, 3.8) is 0 Å². The number of anilines is 1. The molecule has 30 heavy (non-hydrogen) atoms. The Morgan fingerprint density at radius 1 is 1.07 bits per heavy atom. The lowest BCUT2D eigenvalue weighted by Gasteiger charge is -2.18. The Morgan fingerprint density at radius 2 is 1.80 bits per heavy atom. The van der Waals surface area contributed by atoms with Crippen LogP contribution in [0.5, 0.6) is 5.75 Å². The van der Waals surface area contributed by atoms with E-state index >= 15 is 0 Å². The van der Waals surface area contributed by atoms with Gasteiger partial charge in [0.15, 0.2) is 0 Å². The van der Waals surface area contributed by atoms with Gasteiger partial charge in [-0.3, -0.25) is 9.59 Å². The van der Waals surface area contributed by atoms with E-state index in [1.807, 2.05) is 45.9 Å². The van der Waals surface area contributed by atoms with Crippen molar-refractivity contribution in [3.05, 3.63) is 76.1 Å². The van der Waals surface area contributed by atoms with Crippen LogP contribution in [0.1, 0.15) is 37.4 Å². The van der Waals surface area contributed by atoms with Gasteiger partial charge in [0, 0.05) is 17.3 Å². The largest absolute Gasteiger partial charge is 0.494 e. The van der Waals surface area contributed by atoms with Gasteiger partial charge in [0.05, 0.1) is 12.3 Å². The van der Waals surface area contributed by atoms with E-state index in [4.69, 9.17) is 4.74 Å². The topological polar surface area (TPSA) is 73.2 Å². The third-order valence-electron chi connectivity index (χ3n) is 4.91. The molecular formula is C24H27N3O3. The molecule has 0 saturated heterocycles. The highest BCUT2D eigenvalue weighted by Gasteiger charge is 2.22. The minimum Gasteiger partial charge on any atom is -0.494 e. The number of carbonyl (C=O) groups excluding carboxylic acids is 1. The van der Waals surface area contributed by atoms with Gasteiger partial charge in [-0.05, 0) is 69.2 Å². The molecule has 1 aromatic heterocycles. The molecule has 1 atom stereocenters. The van der Waals surface area contributed by atoms with E-state index in [1.165, 1.54) is 10.7 Å². The monoisotopic (exact) mass is 405 g/mol. The van der Waals surface area contributed by atoms with Crippen molar-refractivity contribution < 1.29 is 9.53 Å². The Balaban J connectivity index is 1.89. The first kappa shape index (κ1) is 21.3. The van der Waals surface area contributed by atoms with E-state index in [2.05, 4.69) is 10.4 Å². The molecule has 1 amide bonds. The smallest absolute Gasteiger partial charge is 0.267 e. The van der Waals surface area contributed by atoms with E-state index in [0.717, 1.165) is 22.4 Å². The van der Waals surface area contributed by atoms with Gasteiger partial charge in [0.2, 0.25) is 5.91 Å². The predicted octanol–water partition coefficient (Wildman–Crippen LogP) is 4.52. The number of aromatic nitrogens is 2. The number of carbonyl (C=O) groups is 1. The van der Waals surface area contributed by atoms with Gasteiger partial charge in [0.25, 0.3) is 5.56 Å². The molecule has 2 aromatic carbocycles. The Morgan fingerprint density at radius 3 is 2.47 bits per heavy atom. The lowest BCUT2D eigenvalue weighted by atomic mass is 10.0. The maximum Gasteiger partial charge on any atom is 0.267 e. The van der Waals surface area contributed by atoms with Gasteiger partial charge < -0.3 is 10.1 Å². The summed E-state index contributed by atoms with van der Waals surface area (Å²) in [5.41, 5.74) is 4.12. The molecule has 0 unspecified atom stereocenters. The predicted molar refractivity (Wildman–Crippen MR) is 119 cm³/mol. The van der Waals surface area contributed by atoms with E-state index in [1.54, 1.807) is 30.3 Å². The minimum absolute atomic E-state index is 0.283. The summed E-state index contributed by atoms with van der Waals surface area (Å²) in [7, 11) is 0. The first-order valence-corrected chi connectivity index (χ1v) is 10.1. The van der Waals surface area contributed by atoms with Crippen molar-refractivity contribution in [2.45, 2.75) is 40.2 Å². The van der Waals surface area contributed by atoms with Gasteiger partial charge in [-0.2, -0.15) is 5.10 Å². The number of amides is 1. The zero-order valence-corrected chi connectivity index (χ0v) is 17.8. The number of benzene rings is 2. The molecule has 0 aliphatic carbocycles. The fourth-order valence-electron chi connectivity index (χ4n) is 3.30. The van der Waals surface area contributed by atoms with E-state index in [9.17, 15) is 9.59 Å². The van der Waals surface area contributed by atoms with Crippen LogP contribution in [0.4, 0.5) is 5.69 Å². The molecule has 6 nitrogen and oxygen atoms in total. The molecule has 0 radical (unpaired) electrons. The highest BCUT2D eigenvalue weighted by atomic mass is 16.5. The number of rotatable bonds is 7. The highest BCUT2D eigenvalue weighted by molar-refractivity contribution is 5.93. The fourth-order valence-corrected chi connectivity index (χ4v) is 3.30. The maximum atomic E-state index is 12.9. The zero-order chi connectivity index (χ0) is 21.7. The summed E-state index contributed by atoms with van der Waals surface area (Å²) in [6.07, 6.45) is 0.437. The number of ether oxygens (including phenoxy) is 1. The van der Waals surface area contributed by atoms with Gasteiger partial charge in [-0.15, -0.1) is 0 Å². The fraction of sp³-hybridized carbons (Fsp3) is 0.292. The number of aryl methyl sites for hydroxylation is 2. The average molecular weight is 405 g/mol. The molecule has 6 heteroatoms. The van der Waals surface area contributed by atoms with Crippen LogP contribution >= 0.6 is 0 Å². The highest BCUT2D eigenvalue weighted by Crippen LogP contribution is 2.23. The lowest BCUT2D eigenvalue weighted by Crippen LogP contribution is -2.34. The summed E-state index contributed by atoms with van der Waals surface area (Å²) >= 11 is 0. The van der Waals surface area contributed by atoms with Gasteiger partial charge in [-0.1, -0.05) is 24.6 Å². The van der Waals surface area contributed by atoms with Crippen LogP contribution in [-0.4, -0.2) is 22.3 Å². The first-order valence-electron chi connectivity index (χ1n) is 10.1. The van der Waals surface area contributed by atoms with Crippen molar-refractivity contribution in [2.24, 2.45) is 0 Å². The quantitative estimate of drug-likeness (QED) is 0.627. The van der Waals surface area contributed by atoms with Crippen LogP contribution in [0.25, 0.3) is 11.3 Å². The Kier molecular flexibility index (Phi) is 6.67. The van der Waals surface area contributed by atoms with Crippen LogP contribution in [0.15, 0.2) is 59.4 Å². The molecule has 0 aliphatic heterocycles. The summed E-state index contributed by atoms with van der Waals surface area (Å²) < 4.78 is 6.70. The molecular weight excluding hydrogens is 378 g/mol. The Hall–Kier alpha value is -3.41. The number of nitrogens with zero attached hydrogens (tertiary/aromatic N) is 2. The molecule has 156 valence electrons. The minimum atomic E-state index is -0.714. The van der Waals surface area contributed by atoms with Crippen LogP contribution in [-0.2, 0) is 4.79 Å². The summed E-state index contributed by atoms with van der Waals surface area (Å²) in [4.78, 5) is 25.5. The van der Waals surface area contributed by atoms with Crippen molar-refractivity contribution in [1.29, 1.82) is 0 Å². The van der Waals surface area contributed by atoms with Gasteiger partial charge >= 0.3 is 0 Å². The summed E-state index contributed by atoms with van der Waals surface area (Å²) in [5.74, 6) is 0.455. The Labute approximate surface area is 176 Å². The molecule has 3 rings (SSSR count). The Bertz CT molecular complexity index is 1090. The third kappa shape index (κ3) is 4.76. The van der Waals surface area contributed by atoms with Crippen LogP contribution < -0.4 is 15.6 Å². The molecule has 0 bridgehead atoms. The van der Waals surface area contributed by atoms with E-state index < -0.39 is 6.04 Å². The molecule has 0 fully saturated rings. The van der Waals surface area contributed by atoms with Crippen molar-refractivity contribution in [3.8, 4) is 17.0 Å². The summed E-state index contributed by atoms with van der Waals surface area (Å²) in [5, 5.41) is 7.41. The average Bonchev–Trinajstić information content (AvgIpc) is 2.73. The second-order valence-corrected chi connectivity index (χ2v) is 7.19. The molecule has 3 aromatic rings. The lowest BCUT2D eigenvalue weighted by molar-refractivity contribution is -0.119. The molecule has 1 heterocycles. The molecule has 0 spiro atoms. The zero-order valence-electron chi connectivity index (χ0n) is 17.8. The molecule has 0 aliphatic rings. The van der Waals surface area contributed by atoms with Crippen molar-refractivity contribution >= 4 is 11.6 Å². The number of nitrogens with one attached hydrogen (secondary N) is 1. The SMILES string of the molecule is CCOc1ccc(NC(=O)[C@@H](CC)n2nc(-c3cc(C)ccc3C)ccc2=O)cc1. The van der Waals surface area contributed by atoms with Crippen LogP contribution in [0, 0.1) is 13.8 Å². The summed E-state index contributed by atoms with van der Waals surface area (Å²) in [6.45, 7) is 8.37. The summed E-state index contributed by atoms with van der Waals surface area (Å²) in [6, 6.07) is 15.7. The van der Waals surface area contributed by atoms with Gasteiger partial charge in [-0.25, -0.2) is 4.68 Å². The number of hydrogen-bond donors (Lipinski definition) is 1. The normalized spacial score (nSPS) is 11.7. The maximum absolute atomic E-state index is 12.9. The van der Waals surface area contributed by atoms with Crippen LogP contribution in [0.3, 0.4) is 0 Å². The molecule has 0 saturated carbocycles. The first-order chi connectivity index (χ1) is 14.4. The third-order valence-corrected chi connectivity index (χ3v) is 4.91. The van der Waals surface area contributed by atoms with E-state index in [-0.39, 0.29) is 11.5 Å². The standard InChI is InChI=1S/C24H27N3O3/c1-5-22(24(29)25-18-9-11-19(12-10-18)30-6-2)27-23(28)14-13-21(26-27)20-15-16(3)7-8-17(20)4/h7-15,22H,5-6H2,1-4H3,(H,25,29)/t22-/m1/s1. The van der Waals surface area contributed by atoms with Crippen molar-refractivity contribution in [2.75, 3.05) is 11.9 Å². The van der Waals surface area contributed by atoms with Crippen molar-refractivity contribution in [1.82, 2.24) is 9.78 Å². The van der Waals surface area contributed by atoms with Crippen LogP contribution in [0.2, 0.25) is 0 Å². The second kappa shape index (κ2) is 9.39. The second-order valence-electron chi connectivity index (χ2n) is 7.19. The van der Waals surface area contributed by atoms with E-state index in [0.29, 0.717) is 24.4 Å².